The topological polar surface area (TPSA) is 249 Å². The molecule has 8 saturated heterocycles. The van der Waals surface area contributed by atoms with E-state index in [0.29, 0.717) is 128 Å². The number of piperidine rings is 4. The fraction of sp³-hybridized carbons (Fsp3) is 0.468. The molecule has 0 radical (unpaired) electrons. The zero-order valence-electron chi connectivity index (χ0n) is 80.8. The number of rotatable bonds is 30. The van der Waals surface area contributed by atoms with Crippen molar-refractivity contribution in [3.8, 4) is 46.0 Å². The molecule has 8 aliphatic rings. The fourth-order valence-electron chi connectivity index (χ4n) is 21.0. The van der Waals surface area contributed by atoms with E-state index in [1.807, 2.05) is 143 Å². The summed E-state index contributed by atoms with van der Waals surface area (Å²) in [5, 5.41) is 37.0. The van der Waals surface area contributed by atoms with Crippen molar-refractivity contribution in [1.82, 2.24) is 0 Å². The Morgan fingerprint density at radius 3 is 1.14 bits per heavy atom. The maximum atomic E-state index is 15.2. The van der Waals surface area contributed by atoms with Gasteiger partial charge >= 0.3 is 30.2 Å². The monoisotopic (exact) mass is 1920 g/mol. The summed E-state index contributed by atoms with van der Waals surface area (Å²) in [7, 11) is 4.80. The lowest BCUT2D eigenvalue weighted by Crippen LogP contribution is -2.44. The van der Waals surface area contributed by atoms with Gasteiger partial charge in [0.15, 0.2) is 0 Å². The van der Waals surface area contributed by atoms with Crippen LogP contribution in [0.5, 0.6) is 46.0 Å². The van der Waals surface area contributed by atoms with E-state index in [0.717, 1.165) is 147 Å². The Kier molecular flexibility index (Phi) is 34.7. The van der Waals surface area contributed by atoms with E-state index in [9.17, 15) is 61.6 Å². The lowest BCUT2D eigenvalue weighted by Gasteiger charge is -2.38. The fourth-order valence-corrected chi connectivity index (χ4v) is 21.0. The van der Waals surface area contributed by atoms with Crippen molar-refractivity contribution in [3.63, 3.8) is 0 Å². The zero-order valence-corrected chi connectivity index (χ0v) is 80.8. The smallest absolute Gasteiger partial charge is 0.497 e. The highest BCUT2D eigenvalue weighted by Crippen LogP contribution is 2.43. The van der Waals surface area contributed by atoms with Crippen LogP contribution in [0.2, 0.25) is 0 Å². The van der Waals surface area contributed by atoms with Crippen molar-refractivity contribution in [2.24, 2.45) is 35.5 Å². The van der Waals surface area contributed by atoms with Crippen molar-refractivity contribution in [1.29, 1.82) is 0 Å². The normalized spacial score (nSPS) is 22.4. The van der Waals surface area contributed by atoms with Crippen molar-refractivity contribution < 1.29 is 104 Å². The van der Waals surface area contributed by atoms with Crippen LogP contribution in [0, 0.1) is 53.0 Å². The van der Waals surface area contributed by atoms with Crippen molar-refractivity contribution in [2.45, 2.75) is 193 Å². The van der Waals surface area contributed by atoms with E-state index >= 15 is 4.39 Å². The number of benzene rings is 9. The van der Waals surface area contributed by atoms with Gasteiger partial charge in [-0.05, 0) is 194 Å². The predicted molar refractivity (Wildman–Crippen MR) is 528 cm³/mol. The summed E-state index contributed by atoms with van der Waals surface area (Å²) >= 11 is 0. The molecule has 0 aromatic heterocycles. The molecule has 5 unspecified atom stereocenters. The van der Waals surface area contributed by atoms with Gasteiger partial charge in [0.05, 0.1) is 64.1 Å². The molecule has 8 fully saturated rings. The standard InChI is InChI=1S/C32H37FN2O4.2C26H33FN2O4.C25H29F3N2O4/c1-22-16-26(19-32(36)37)35(21-22)25-8-10-27(11-9-25)39-28-12-14-34(15-13-28)30-20-31(38-2)24(18-29(30)33)17-23-6-4-3-5-7-23;1-17-16-29(24(18(17)2)15-26(30)31)19-4-6-20(7-5-19)33-21-10-12-28(13-11-21)25-14-22(32-3)8-9-23(25)27;1-17-12-20(13-26(30)31)29(15-17)19-4-6-21(7-5-19)33-25-10-11-28(16-18(25)2)24-14-22(32-3)8-9-23(24)27;1-17-13-20(15-24(31)32)30(16-17)18-5-7-21(8-6-18)33-22-9-11-29(12-10-22)19-3-2-4-23(14-19)34-25(26,27)28/h3-11,18,20,22,26,28H,12-17,19,21H2,1-2H3,(H,36,37);4-9,14,17-18,21,24H,10-13,15-16H2,1-3H3,(H,30,31);4-9,14,17-18,20,25H,10-13,15-16H2,1-3H3,(H,30,31);2-8,14,17,20,22H,9-13,15-16H2,1H3,(H,31,32)/t22-,26-;;17-,18?,20-,25?;17-,20-/m1.11/s1. The van der Waals surface area contributed by atoms with E-state index < -0.39 is 30.2 Å². The third kappa shape index (κ3) is 27.9. The summed E-state index contributed by atoms with van der Waals surface area (Å²) in [6.45, 7) is 21.9. The Labute approximate surface area is 811 Å². The van der Waals surface area contributed by atoms with E-state index in [4.69, 9.17) is 33.2 Å². The van der Waals surface area contributed by atoms with Crippen LogP contribution in [0.15, 0.2) is 200 Å². The molecule has 746 valence electrons. The molecular weight excluding hydrogens is 1790 g/mol. The Balaban J connectivity index is 0.000000148. The molecule has 0 bridgehead atoms. The highest BCUT2D eigenvalue weighted by atomic mass is 19.4. The molecule has 0 spiro atoms. The first-order valence-electron chi connectivity index (χ1n) is 48.7. The van der Waals surface area contributed by atoms with Crippen LogP contribution >= 0.6 is 0 Å². The number of methoxy groups -OCH3 is 3. The molecular formula is C109H132F6N8O16. The number of anilines is 8. The average molecular weight is 1920 g/mol. The number of halogens is 6. The summed E-state index contributed by atoms with van der Waals surface area (Å²) in [6, 6.07) is 60.9. The summed E-state index contributed by atoms with van der Waals surface area (Å²) in [5.74, 6) is 3.59. The van der Waals surface area contributed by atoms with E-state index in [1.54, 1.807) is 63.8 Å². The molecule has 9 aromatic rings. The molecule has 139 heavy (non-hydrogen) atoms. The molecule has 17 rings (SSSR count). The molecule has 8 aliphatic heterocycles. The summed E-state index contributed by atoms with van der Waals surface area (Å²) in [6.07, 6.45) is 4.85. The van der Waals surface area contributed by atoms with Crippen LogP contribution < -0.4 is 77.1 Å². The van der Waals surface area contributed by atoms with Gasteiger partial charge in [-0.3, -0.25) is 19.2 Å². The van der Waals surface area contributed by atoms with Gasteiger partial charge in [0.25, 0.3) is 0 Å². The molecule has 4 N–H and O–H groups in total. The number of ether oxygens (including phenoxy) is 8. The molecule has 0 aliphatic carbocycles. The molecule has 9 aromatic carbocycles. The largest absolute Gasteiger partial charge is 0.573 e. The lowest BCUT2D eigenvalue weighted by molar-refractivity contribution is -0.274. The summed E-state index contributed by atoms with van der Waals surface area (Å²) in [5.41, 5.74) is 8.46. The number of alkyl halides is 3. The first-order chi connectivity index (χ1) is 66.7. The third-order valence-electron chi connectivity index (χ3n) is 28.2. The van der Waals surface area contributed by atoms with Gasteiger partial charge < -0.3 is 97.5 Å². The minimum absolute atomic E-state index is 0.00336. The van der Waals surface area contributed by atoms with Crippen LogP contribution in [-0.2, 0) is 25.6 Å². The van der Waals surface area contributed by atoms with Crippen molar-refractivity contribution in [2.75, 3.05) is 139 Å². The van der Waals surface area contributed by atoms with Gasteiger partial charge in [-0.25, -0.2) is 13.2 Å². The van der Waals surface area contributed by atoms with E-state index in [-0.39, 0.29) is 103 Å². The number of carboxylic acids is 4. The Morgan fingerprint density at radius 1 is 0.353 bits per heavy atom. The summed E-state index contributed by atoms with van der Waals surface area (Å²) in [4.78, 5) is 62.1. The minimum Gasteiger partial charge on any atom is -0.497 e. The number of hydrogen-bond donors (Lipinski definition) is 4. The van der Waals surface area contributed by atoms with Crippen LogP contribution in [0.3, 0.4) is 0 Å². The maximum absolute atomic E-state index is 15.2. The quantitative estimate of drug-likeness (QED) is 0.0305. The third-order valence-corrected chi connectivity index (χ3v) is 28.2. The SMILES string of the molecule is COc1cc(N2CCC(Oc3ccc(N4C[C@H](C)C[C@@H]4CC(=O)O)cc3)CC2)c(F)cc1Cc1ccccc1.COc1ccc(F)c(N2CCC(Oc3ccc(N4CC(C)C(C)C4CC(=O)O)cc3)CC2)c1.COc1ccc(F)c(N2CCC(Oc3ccc(N4C[C@H](C)C[C@@H]4CC(=O)O)cc3)C(C)C2)c1.C[C@@H]1C[C@H](CC(=O)O)N(c2ccc(OC3CCN(c4cccc(OC(F)(F)F)c4)CC3)cc2)C1. The van der Waals surface area contributed by atoms with Gasteiger partial charge in [0.1, 0.15) is 87.9 Å². The van der Waals surface area contributed by atoms with Gasteiger partial charge in [0.2, 0.25) is 0 Å². The highest BCUT2D eigenvalue weighted by Gasteiger charge is 2.41. The van der Waals surface area contributed by atoms with Gasteiger partial charge in [0, 0.05) is 218 Å². The second kappa shape index (κ2) is 47.3. The Bertz CT molecular complexity index is 5500. The van der Waals surface area contributed by atoms with E-state index in [1.165, 1.54) is 24.3 Å². The second-order valence-electron chi connectivity index (χ2n) is 38.6. The first-order valence-corrected chi connectivity index (χ1v) is 48.7. The predicted octanol–water partition coefficient (Wildman–Crippen LogP) is 21.1. The van der Waals surface area contributed by atoms with Crippen molar-refractivity contribution in [3.05, 3.63) is 229 Å². The maximum Gasteiger partial charge on any atom is 0.573 e. The van der Waals surface area contributed by atoms with Gasteiger partial charge in [-0.15, -0.1) is 13.2 Å². The van der Waals surface area contributed by atoms with E-state index in [2.05, 4.69) is 75.7 Å². The number of nitrogens with zero attached hydrogens (tertiary/aromatic N) is 8. The van der Waals surface area contributed by atoms with Crippen LogP contribution in [0.25, 0.3) is 0 Å². The van der Waals surface area contributed by atoms with Crippen molar-refractivity contribution >= 4 is 69.4 Å². The molecule has 0 amide bonds. The second-order valence-corrected chi connectivity index (χ2v) is 38.6. The minimum atomic E-state index is -4.71. The first kappa shape index (κ1) is 102. The zero-order chi connectivity index (χ0) is 98.7. The molecule has 11 atom stereocenters. The Hall–Kier alpha value is -12.8. The number of hydrogen-bond acceptors (Lipinski definition) is 20. The van der Waals surface area contributed by atoms with Crippen LogP contribution in [-0.4, -0.2) is 199 Å². The molecule has 30 heteroatoms. The van der Waals surface area contributed by atoms with Crippen LogP contribution in [0.1, 0.15) is 143 Å². The van der Waals surface area contributed by atoms with Gasteiger partial charge in [-0.2, -0.15) is 0 Å². The number of carbonyl (C=O) groups is 4. The number of aliphatic carboxylic acids is 4. The molecule has 24 nitrogen and oxygen atoms in total. The van der Waals surface area contributed by atoms with Gasteiger partial charge in [-0.1, -0.05) is 77.9 Å². The van der Waals surface area contributed by atoms with Crippen LogP contribution in [0.4, 0.5) is 71.8 Å². The number of carboxylic acid groups (broad SMARTS) is 4. The lowest BCUT2D eigenvalue weighted by atomic mass is 9.92. The summed E-state index contributed by atoms with van der Waals surface area (Å²) < 4.78 is 126. The Morgan fingerprint density at radius 2 is 0.741 bits per heavy atom. The molecule has 0 saturated carbocycles. The highest BCUT2D eigenvalue weighted by molar-refractivity contribution is 5.72. The molecule has 8 heterocycles. The average Bonchev–Trinajstić information content (AvgIpc) is 1.66.